The van der Waals surface area contributed by atoms with Crippen LogP contribution in [0.1, 0.15) is 30.1 Å². The largest absolute Gasteiger partial charge is 0.466 e. The zero-order valence-electron chi connectivity index (χ0n) is 9.33. The molecule has 92 valence electrons. The van der Waals surface area contributed by atoms with E-state index in [1.807, 2.05) is 0 Å². The second-order valence-corrected chi connectivity index (χ2v) is 3.39. The topological polar surface area (TPSA) is 43.4 Å². The predicted octanol–water partition coefficient (Wildman–Crippen LogP) is 2.49. The molecule has 0 saturated carbocycles. The van der Waals surface area contributed by atoms with Crippen molar-refractivity contribution in [3.63, 3.8) is 0 Å². The number of hydrogen-bond acceptors (Lipinski definition) is 3. The quantitative estimate of drug-likeness (QED) is 0.588. The Morgan fingerprint density at radius 2 is 1.71 bits per heavy atom. The van der Waals surface area contributed by atoms with Gasteiger partial charge in [-0.3, -0.25) is 9.59 Å². The summed E-state index contributed by atoms with van der Waals surface area (Å²) in [4.78, 5) is 22.5. The van der Waals surface area contributed by atoms with Gasteiger partial charge in [-0.05, 0) is 19.1 Å². The maximum Gasteiger partial charge on any atom is 0.306 e. The molecule has 17 heavy (non-hydrogen) atoms. The first kappa shape index (κ1) is 13.3. The van der Waals surface area contributed by atoms with Gasteiger partial charge in [-0.2, -0.15) is 0 Å². The number of Topliss-reactive ketones (excluding diaryl/α,β-unsaturated/α-hetero) is 1. The van der Waals surface area contributed by atoms with E-state index in [2.05, 4.69) is 4.74 Å². The normalized spacial score (nSPS) is 10.1. The molecule has 0 amide bonds. The Morgan fingerprint density at radius 3 is 2.24 bits per heavy atom. The second-order valence-electron chi connectivity index (χ2n) is 3.39. The maximum atomic E-state index is 12.8. The van der Waals surface area contributed by atoms with Crippen molar-refractivity contribution in [3.05, 3.63) is 35.4 Å². The molecular weight excluding hydrogens is 230 g/mol. The molecule has 0 aliphatic heterocycles. The predicted molar refractivity (Wildman–Crippen MR) is 56.6 cm³/mol. The van der Waals surface area contributed by atoms with Gasteiger partial charge in [-0.25, -0.2) is 8.78 Å². The smallest absolute Gasteiger partial charge is 0.306 e. The van der Waals surface area contributed by atoms with Gasteiger partial charge >= 0.3 is 5.97 Å². The van der Waals surface area contributed by atoms with Crippen molar-refractivity contribution in [2.75, 3.05) is 6.61 Å². The number of ether oxygens (including phenoxy) is 1. The minimum absolute atomic E-state index is 0.0770. The Labute approximate surface area is 97.4 Å². The van der Waals surface area contributed by atoms with E-state index in [4.69, 9.17) is 0 Å². The molecule has 0 radical (unpaired) electrons. The molecule has 0 N–H and O–H groups in total. The molecule has 0 bridgehead atoms. The van der Waals surface area contributed by atoms with Gasteiger partial charge in [0, 0.05) is 18.1 Å². The molecule has 5 heteroatoms. The standard InChI is InChI=1S/C12H12F2O3/c1-2-17-12(16)4-3-11(15)8-5-9(13)7-10(14)6-8/h5-7H,2-4H2,1H3. The third kappa shape index (κ3) is 4.30. The Kier molecular flexibility index (Phi) is 4.75. The van der Waals surface area contributed by atoms with E-state index >= 15 is 0 Å². The number of hydrogen-bond donors (Lipinski definition) is 0. The Balaban J connectivity index is 2.61. The van der Waals surface area contributed by atoms with E-state index in [-0.39, 0.29) is 25.0 Å². The van der Waals surface area contributed by atoms with Gasteiger partial charge in [-0.1, -0.05) is 0 Å². The number of rotatable bonds is 5. The third-order valence-electron chi connectivity index (χ3n) is 2.05. The first-order chi connectivity index (χ1) is 8.02. The number of carbonyl (C=O) groups excluding carboxylic acids is 2. The molecule has 0 spiro atoms. The summed E-state index contributed by atoms with van der Waals surface area (Å²) in [5.41, 5.74) is -0.0770. The van der Waals surface area contributed by atoms with Crippen molar-refractivity contribution >= 4 is 11.8 Å². The number of benzene rings is 1. The van der Waals surface area contributed by atoms with Crippen LogP contribution >= 0.6 is 0 Å². The molecule has 1 rings (SSSR count). The van der Waals surface area contributed by atoms with Crippen LogP contribution in [0, 0.1) is 11.6 Å². The lowest BCUT2D eigenvalue weighted by Crippen LogP contribution is -2.08. The lowest BCUT2D eigenvalue weighted by Gasteiger charge is -2.02. The van der Waals surface area contributed by atoms with Gasteiger partial charge in [0.25, 0.3) is 0 Å². The lowest BCUT2D eigenvalue weighted by atomic mass is 10.1. The van der Waals surface area contributed by atoms with Gasteiger partial charge < -0.3 is 4.74 Å². The molecule has 0 saturated heterocycles. The fourth-order valence-electron chi connectivity index (χ4n) is 1.31. The minimum Gasteiger partial charge on any atom is -0.466 e. The molecule has 0 unspecified atom stereocenters. The van der Waals surface area contributed by atoms with E-state index in [9.17, 15) is 18.4 Å². The van der Waals surface area contributed by atoms with E-state index < -0.39 is 23.4 Å². The molecule has 0 aliphatic rings. The summed E-state index contributed by atoms with van der Waals surface area (Å²) >= 11 is 0. The van der Waals surface area contributed by atoms with Crippen LogP contribution in [0.4, 0.5) is 8.78 Å². The van der Waals surface area contributed by atoms with Crippen molar-refractivity contribution < 1.29 is 23.1 Å². The summed E-state index contributed by atoms with van der Waals surface area (Å²) in [5, 5.41) is 0. The summed E-state index contributed by atoms with van der Waals surface area (Å²) < 4.78 is 30.3. The van der Waals surface area contributed by atoms with Crippen molar-refractivity contribution in [2.45, 2.75) is 19.8 Å². The summed E-state index contributed by atoms with van der Waals surface area (Å²) in [6, 6.07) is 2.56. The van der Waals surface area contributed by atoms with Crippen LogP contribution in [-0.4, -0.2) is 18.4 Å². The van der Waals surface area contributed by atoms with Crippen LogP contribution in [0.3, 0.4) is 0 Å². The van der Waals surface area contributed by atoms with E-state index in [0.29, 0.717) is 6.07 Å². The highest BCUT2D eigenvalue weighted by Gasteiger charge is 2.12. The highest BCUT2D eigenvalue weighted by atomic mass is 19.1. The Morgan fingerprint density at radius 1 is 1.12 bits per heavy atom. The van der Waals surface area contributed by atoms with Gasteiger partial charge in [0.15, 0.2) is 5.78 Å². The van der Waals surface area contributed by atoms with Crippen LogP contribution in [0.15, 0.2) is 18.2 Å². The minimum atomic E-state index is -0.815. The lowest BCUT2D eigenvalue weighted by molar-refractivity contribution is -0.143. The van der Waals surface area contributed by atoms with Crippen LogP contribution in [0.2, 0.25) is 0 Å². The first-order valence-corrected chi connectivity index (χ1v) is 5.18. The molecule has 3 nitrogen and oxygen atoms in total. The molecular formula is C12H12F2O3. The Bertz CT molecular complexity index is 410. The Hall–Kier alpha value is -1.78. The summed E-state index contributed by atoms with van der Waals surface area (Å²) in [6.45, 7) is 1.89. The third-order valence-corrected chi connectivity index (χ3v) is 2.05. The highest BCUT2D eigenvalue weighted by molar-refractivity contribution is 5.97. The highest BCUT2D eigenvalue weighted by Crippen LogP contribution is 2.11. The van der Waals surface area contributed by atoms with Crippen molar-refractivity contribution in [3.8, 4) is 0 Å². The average molecular weight is 242 g/mol. The zero-order chi connectivity index (χ0) is 12.8. The van der Waals surface area contributed by atoms with E-state index in [1.54, 1.807) is 6.92 Å². The van der Waals surface area contributed by atoms with Crippen LogP contribution < -0.4 is 0 Å². The monoisotopic (exact) mass is 242 g/mol. The SMILES string of the molecule is CCOC(=O)CCC(=O)c1cc(F)cc(F)c1. The average Bonchev–Trinajstić information content (AvgIpc) is 2.25. The van der Waals surface area contributed by atoms with Gasteiger partial charge in [0.2, 0.25) is 0 Å². The first-order valence-electron chi connectivity index (χ1n) is 5.18. The molecule has 0 aliphatic carbocycles. The number of ketones is 1. The van der Waals surface area contributed by atoms with Crippen LogP contribution in [0.25, 0.3) is 0 Å². The fourth-order valence-corrected chi connectivity index (χ4v) is 1.31. The van der Waals surface area contributed by atoms with Crippen molar-refractivity contribution in [2.24, 2.45) is 0 Å². The maximum absolute atomic E-state index is 12.8. The molecule has 1 aromatic carbocycles. The zero-order valence-corrected chi connectivity index (χ0v) is 9.33. The van der Waals surface area contributed by atoms with Crippen LogP contribution in [0.5, 0.6) is 0 Å². The number of esters is 1. The second kappa shape index (κ2) is 6.08. The molecule has 0 heterocycles. The summed E-state index contributed by atoms with van der Waals surface area (Å²) in [7, 11) is 0. The van der Waals surface area contributed by atoms with Crippen LogP contribution in [-0.2, 0) is 9.53 Å². The van der Waals surface area contributed by atoms with Gasteiger partial charge in [-0.15, -0.1) is 0 Å². The van der Waals surface area contributed by atoms with Gasteiger partial charge in [0.1, 0.15) is 11.6 Å². The summed E-state index contributed by atoms with van der Waals surface area (Å²) in [5.74, 6) is -2.62. The molecule has 0 aromatic heterocycles. The summed E-state index contributed by atoms with van der Waals surface area (Å²) in [6.07, 6.45) is -0.216. The van der Waals surface area contributed by atoms with Gasteiger partial charge in [0.05, 0.1) is 13.0 Å². The molecule has 1 aromatic rings. The fraction of sp³-hybridized carbons (Fsp3) is 0.333. The number of carbonyl (C=O) groups is 2. The van der Waals surface area contributed by atoms with E-state index in [1.165, 1.54) is 0 Å². The number of halogens is 2. The van der Waals surface area contributed by atoms with E-state index in [0.717, 1.165) is 12.1 Å². The van der Waals surface area contributed by atoms with Crippen molar-refractivity contribution in [1.29, 1.82) is 0 Å². The van der Waals surface area contributed by atoms with Crippen molar-refractivity contribution in [1.82, 2.24) is 0 Å². The molecule has 0 fully saturated rings. The molecule has 0 atom stereocenters.